The SMILES string of the molecule is COc1ccc(-n2c(SCC(=O)N3CCc4ccccc4C3)nnc2-c2ccco2)cc1. The highest BCUT2D eigenvalue weighted by Gasteiger charge is 2.23. The molecule has 7 nitrogen and oxygen atoms in total. The van der Waals surface area contributed by atoms with E-state index in [0.29, 0.717) is 23.3 Å². The Bertz CT molecular complexity index is 1220. The van der Waals surface area contributed by atoms with E-state index in [1.54, 1.807) is 13.4 Å². The minimum absolute atomic E-state index is 0.0910. The average molecular weight is 447 g/mol. The first-order valence-electron chi connectivity index (χ1n) is 10.3. The molecular weight excluding hydrogens is 424 g/mol. The summed E-state index contributed by atoms with van der Waals surface area (Å²) < 4.78 is 12.7. The van der Waals surface area contributed by atoms with Crippen LogP contribution in [0.4, 0.5) is 0 Å². The second-order valence-corrected chi connectivity index (χ2v) is 8.38. The number of aromatic nitrogens is 3. The minimum Gasteiger partial charge on any atom is -0.497 e. The molecule has 0 fully saturated rings. The van der Waals surface area contributed by atoms with Crippen LogP contribution in [-0.4, -0.2) is 45.0 Å². The van der Waals surface area contributed by atoms with Gasteiger partial charge in [-0.3, -0.25) is 9.36 Å². The third-order valence-corrected chi connectivity index (χ3v) is 6.43. The van der Waals surface area contributed by atoms with Gasteiger partial charge in [-0.15, -0.1) is 10.2 Å². The topological polar surface area (TPSA) is 73.4 Å². The van der Waals surface area contributed by atoms with Crippen molar-refractivity contribution in [2.24, 2.45) is 0 Å². The Morgan fingerprint density at radius 1 is 1.06 bits per heavy atom. The van der Waals surface area contributed by atoms with Crippen LogP contribution in [0.25, 0.3) is 17.3 Å². The van der Waals surface area contributed by atoms with Crippen molar-refractivity contribution < 1.29 is 13.9 Å². The number of ether oxygens (including phenoxy) is 1. The van der Waals surface area contributed by atoms with Gasteiger partial charge in [-0.1, -0.05) is 36.0 Å². The van der Waals surface area contributed by atoms with E-state index >= 15 is 0 Å². The molecule has 4 aromatic rings. The fraction of sp³-hybridized carbons (Fsp3) is 0.208. The Balaban J connectivity index is 1.37. The second kappa shape index (κ2) is 8.92. The molecule has 0 saturated carbocycles. The molecule has 32 heavy (non-hydrogen) atoms. The van der Waals surface area contributed by atoms with Crippen molar-refractivity contribution in [1.82, 2.24) is 19.7 Å². The molecule has 1 amide bonds. The lowest BCUT2D eigenvalue weighted by atomic mass is 10.00. The summed E-state index contributed by atoms with van der Waals surface area (Å²) >= 11 is 1.38. The van der Waals surface area contributed by atoms with Crippen molar-refractivity contribution in [2.75, 3.05) is 19.4 Å². The summed E-state index contributed by atoms with van der Waals surface area (Å²) in [5.41, 5.74) is 3.41. The fourth-order valence-corrected chi connectivity index (χ4v) is 4.67. The molecule has 3 heterocycles. The third kappa shape index (κ3) is 4.01. The van der Waals surface area contributed by atoms with Crippen LogP contribution in [0.3, 0.4) is 0 Å². The highest BCUT2D eigenvalue weighted by Crippen LogP contribution is 2.29. The molecule has 0 unspecified atom stereocenters. The molecule has 1 aliphatic rings. The van der Waals surface area contributed by atoms with E-state index < -0.39 is 0 Å². The van der Waals surface area contributed by atoms with E-state index in [1.165, 1.54) is 22.9 Å². The van der Waals surface area contributed by atoms with E-state index in [-0.39, 0.29) is 11.7 Å². The van der Waals surface area contributed by atoms with Crippen LogP contribution >= 0.6 is 11.8 Å². The quantitative estimate of drug-likeness (QED) is 0.413. The number of amides is 1. The molecule has 0 saturated heterocycles. The molecule has 5 rings (SSSR count). The van der Waals surface area contributed by atoms with Gasteiger partial charge in [-0.05, 0) is 53.9 Å². The molecule has 0 atom stereocenters. The van der Waals surface area contributed by atoms with E-state index in [0.717, 1.165) is 24.4 Å². The zero-order chi connectivity index (χ0) is 21.9. The van der Waals surface area contributed by atoms with E-state index in [2.05, 4.69) is 28.4 Å². The highest BCUT2D eigenvalue weighted by atomic mass is 32.2. The Kier molecular flexibility index (Phi) is 5.68. The summed E-state index contributed by atoms with van der Waals surface area (Å²) in [7, 11) is 1.63. The smallest absolute Gasteiger partial charge is 0.233 e. The summed E-state index contributed by atoms with van der Waals surface area (Å²) in [4.78, 5) is 14.9. The number of thioether (sulfide) groups is 1. The van der Waals surface area contributed by atoms with Crippen LogP contribution in [0.5, 0.6) is 5.75 Å². The fourth-order valence-electron chi connectivity index (χ4n) is 3.82. The first-order chi connectivity index (χ1) is 15.7. The van der Waals surface area contributed by atoms with Gasteiger partial charge in [0.25, 0.3) is 0 Å². The maximum absolute atomic E-state index is 13.0. The first kappa shape index (κ1) is 20.4. The Morgan fingerprint density at radius 3 is 2.62 bits per heavy atom. The van der Waals surface area contributed by atoms with E-state index in [9.17, 15) is 4.79 Å². The number of fused-ring (bicyclic) bond motifs is 1. The first-order valence-corrected chi connectivity index (χ1v) is 11.3. The summed E-state index contributed by atoms with van der Waals surface area (Å²) in [6, 6.07) is 19.6. The minimum atomic E-state index is 0.0910. The van der Waals surface area contributed by atoms with Gasteiger partial charge in [0.05, 0.1) is 24.8 Å². The van der Waals surface area contributed by atoms with Crippen molar-refractivity contribution in [3.05, 3.63) is 78.1 Å². The predicted molar refractivity (Wildman–Crippen MR) is 122 cm³/mol. The van der Waals surface area contributed by atoms with Gasteiger partial charge in [0.2, 0.25) is 11.7 Å². The summed E-state index contributed by atoms with van der Waals surface area (Å²) in [6.45, 7) is 1.39. The average Bonchev–Trinajstić information content (AvgIpc) is 3.52. The molecular formula is C24H22N4O3S. The molecule has 0 aliphatic carbocycles. The molecule has 2 aromatic carbocycles. The van der Waals surface area contributed by atoms with Crippen LogP contribution in [0.1, 0.15) is 11.1 Å². The molecule has 0 N–H and O–H groups in total. The van der Waals surface area contributed by atoms with Crippen LogP contribution in [0.15, 0.2) is 76.5 Å². The Morgan fingerprint density at radius 2 is 1.88 bits per heavy atom. The zero-order valence-electron chi connectivity index (χ0n) is 17.6. The number of rotatable bonds is 6. The molecule has 2 aromatic heterocycles. The van der Waals surface area contributed by atoms with Crippen molar-refractivity contribution >= 4 is 17.7 Å². The predicted octanol–water partition coefficient (Wildman–Crippen LogP) is 4.21. The number of methoxy groups -OCH3 is 1. The van der Waals surface area contributed by atoms with Crippen LogP contribution in [0, 0.1) is 0 Å². The number of hydrogen-bond donors (Lipinski definition) is 0. The normalized spacial score (nSPS) is 13.1. The van der Waals surface area contributed by atoms with Gasteiger partial charge < -0.3 is 14.1 Å². The summed E-state index contributed by atoms with van der Waals surface area (Å²) in [5.74, 6) is 2.33. The van der Waals surface area contributed by atoms with Gasteiger partial charge in [0.1, 0.15) is 5.75 Å². The van der Waals surface area contributed by atoms with Crippen molar-refractivity contribution in [3.63, 3.8) is 0 Å². The van der Waals surface area contributed by atoms with Gasteiger partial charge in [0.15, 0.2) is 10.9 Å². The molecule has 0 bridgehead atoms. The number of hydrogen-bond acceptors (Lipinski definition) is 6. The lowest BCUT2D eigenvalue weighted by molar-refractivity contribution is -0.129. The third-order valence-electron chi connectivity index (χ3n) is 5.51. The lowest BCUT2D eigenvalue weighted by Crippen LogP contribution is -2.37. The Labute approximate surface area is 190 Å². The van der Waals surface area contributed by atoms with Crippen molar-refractivity contribution in [3.8, 4) is 23.0 Å². The zero-order valence-corrected chi connectivity index (χ0v) is 18.4. The van der Waals surface area contributed by atoms with Crippen LogP contribution in [0.2, 0.25) is 0 Å². The number of benzene rings is 2. The van der Waals surface area contributed by atoms with Crippen LogP contribution in [-0.2, 0) is 17.8 Å². The molecule has 0 spiro atoms. The molecule has 162 valence electrons. The van der Waals surface area contributed by atoms with E-state index in [4.69, 9.17) is 9.15 Å². The monoisotopic (exact) mass is 446 g/mol. The maximum Gasteiger partial charge on any atom is 0.233 e. The number of nitrogens with zero attached hydrogens (tertiary/aromatic N) is 4. The van der Waals surface area contributed by atoms with Crippen LogP contribution < -0.4 is 4.74 Å². The second-order valence-electron chi connectivity index (χ2n) is 7.44. The number of furan rings is 1. The van der Waals surface area contributed by atoms with Gasteiger partial charge in [0, 0.05) is 13.1 Å². The molecule has 0 radical (unpaired) electrons. The van der Waals surface area contributed by atoms with E-state index in [1.807, 2.05) is 51.9 Å². The van der Waals surface area contributed by atoms with Gasteiger partial charge in [-0.25, -0.2) is 0 Å². The maximum atomic E-state index is 13.0. The summed E-state index contributed by atoms with van der Waals surface area (Å²) in [5, 5.41) is 9.33. The van der Waals surface area contributed by atoms with Crippen molar-refractivity contribution in [1.29, 1.82) is 0 Å². The largest absolute Gasteiger partial charge is 0.497 e. The number of carbonyl (C=O) groups is 1. The highest BCUT2D eigenvalue weighted by molar-refractivity contribution is 7.99. The van der Waals surface area contributed by atoms with Gasteiger partial charge >= 0.3 is 0 Å². The van der Waals surface area contributed by atoms with Gasteiger partial charge in [-0.2, -0.15) is 0 Å². The number of carbonyl (C=O) groups excluding carboxylic acids is 1. The van der Waals surface area contributed by atoms with Crippen molar-refractivity contribution in [2.45, 2.75) is 18.1 Å². The molecule has 1 aliphatic heterocycles. The summed E-state index contributed by atoms with van der Waals surface area (Å²) in [6.07, 6.45) is 2.49. The molecule has 8 heteroatoms. The lowest BCUT2D eigenvalue weighted by Gasteiger charge is -2.28. The Hall–Kier alpha value is -3.52. The standard InChI is InChI=1S/C24H22N4O3S/c1-30-20-10-8-19(9-11-20)28-23(21-7-4-14-31-21)25-26-24(28)32-16-22(29)27-13-12-17-5-2-3-6-18(17)15-27/h2-11,14H,12-13,15-16H2,1H3.